The fraction of sp³-hybridized carbons (Fsp3) is 0.250. The molecule has 0 bridgehead atoms. The molecule has 0 aliphatic heterocycles. The van der Waals surface area contributed by atoms with Crippen molar-refractivity contribution in [3.05, 3.63) is 23.2 Å². The van der Waals surface area contributed by atoms with Crippen LogP contribution in [0.5, 0.6) is 0 Å². The number of rotatable bonds is 2. The predicted molar refractivity (Wildman–Crippen MR) is 55.0 cm³/mol. The maximum Gasteiger partial charge on any atom is 0.0553 e. The van der Waals surface area contributed by atoms with Crippen molar-refractivity contribution in [1.29, 1.82) is 0 Å². The highest BCUT2D eigenvalue weighted by molar-refractivity contribution is 8.01. The molecule has 0 amide bonds. The van der Waals surface area contributed by atoms with Crippen LogP contribution in [-0.2, 0) is 0 Å². The number of hydrogen-bond acceptors (Lipinski definition) is 2. The Morgan fingerprint density at radius 3 is 2.36 bits per heavy atom. The summed E-state index contributed by atoms with van der Waals surface area (Å²) in [6.07, 6.45) is 4.10. The van der Waals surface area contributed by atoms with E-state index < -0.39 is 0 Å². The lowest BCUT2D eigenvalue weighted by Crippen LogP contribution is -1.77. The van der Waals surface area contributed by atoms with Gasteiger partial charge in [0.25, 0.3) is 0 Å². The molecule has 0 aromatic heterocycles. The molecule has 0 fully saturated rings. The van der Waals surface area contributed by atoms with Gasteiger partial charge in [0.1, 0.15) is 0 Å². The van der Waals surface area contributed by atoms with E-state index in [-0.39, 0.29) is 0 Å². The first-order valence-electron chi connectivity index (χ1n) is 3.16. The Bertz CT molecular complexity index is 248. The molecule has 0 aliphatic carbocycles. The number of hydrogen-bond donors (Lipinski definition) is 0. The minimum absolute atomic E-state index is 0.851. The van der Waals surface area contributed by atoms with Crippen molar-refractivity contribution in [3.8, 4) is 0 Å². The van der Waals surface area contributed by atoms with Crippen molar-refractivity contribution < 1.29 is 0 Å². The lowest BCUT2D eigenvalue weighted by molar-refractivity contribution is 1.26. The number of benzene rings is 1. The fourth-order valence-electron chi connectivity index (χ4n) is 0.848. The number of thioether (sulfide) groups is 2. The minimum Gasteiger partial charge on any atom is -0.128 e. The fourth-order valence-corrected chi connectivity index (χ4v) is 2.85. The molecular weight excluding hydrogens is 196 g/mol. The summed E-state index contributed by atoms with van der Waals surface area (Å²) in [5.74, 6) is 0. The molecule has 0 saturated heterocycles. The van der Waals surface area contributed by atoms with E-state index in [9.17, 15) is 0 Å². The molecule has 11 heavy (non-hydrogen) atoms. The van der Waals surface area contributed by atoms with Crippen LogP contribution in [0, 0.1) is 0 Å². The van der Waals surface area contributed by atoms with Gasteiger partial charge in [0.05, 0.1) is 5.02 Å². The van der Waals surface area contributed by atoms with Gasteiger partial charge in [-0.1, -0.05) is 17.7 Å². The lowest BCUT2D eigenvalue weighted by Gasteiger charge is -2.04. The quantitative estimate of drug-likeness (QED) is 0.673. The van der Waals surface area contributed by atoms with Gasteiger partial charge in [-0.25, -0.2) is 0 Å². The first-order valence-corrected chi connectivity index (χ1v) is 5.99. The SMILES string of the molecule is CSc1cccc(Cl)c1SC. The Hall–Kier alpha value is 0.210. The zero-order valence-corrected chi connectivity index (χ0v) is 8.82. The molecule has 1 rings (SSSR count). The third-order valence-electron chi connectivity index (χ3n) is 1.35. The van der Waals surface area contributed by atoms with E-state index in [1.165, 1.54) is 9.79 Å². The van der Waals surface area contributed by atoms with E-state index in [1.807, 2.05) is 18.4 Å². The van der Waals surface area contributed by atoms with E-state index in [0.717, 1.165) is 5.02 Å². The molecule has 60 valence electrons. The van der Waals surface area contributed by atoms with Crippen LogP contribution < -0.4 is 0 Å². The molecule has 0 N–H and O–H groups in total. The van der Waals surface area contributed by atoms with E-state index in [4.69, 9.17) is 11.6 Å². The van der Waals surface area contributed by atoms with Gasteiger partial charge in [0.2, 0.25) is 0 Å². The molecule has 1 aromatic rings. The second-order valence-corrected chi connectivity index (χ2v) is 4.05. The molecule has 0 nitrogen and oxygen atoms in total. The van der Waals surface area contributed by atoms with E-state index in [2.05, 4.69) is 12.3 Å². The lowest BCUT2D eigenvalue weighted by atomic mass is 10.4. The van der Waals surface area contributed by atoms with Crippen molar-refractivity contribution in [2.24, 2.45) is 0 Å². The van der Waals surface area contributed by atoms with Crippen LogP contribution in [0.1, 0.15) is 0 Å². The summed E-state index contributed by atoms with van der Waals surface area (Å²) in [6, 6.07) is 5.99. The van der Waals surface area contributed by atoms with Crippen LogP contribution in [0.4, 0.5) is 0 Å². The minimum atomic E-state index is 0.851. The molecule has 0 aliphatic rings. The third-order valence-corrected chi connectivity index (χ3v) is 3.54. The number of halogens is 1. The highest BCUT2D eigenvalue weighted by Crippen LogP contribution is 2.33. The molecule has 3 heteroatoms. The Morgan fingerprint density at radius 2 is 1.91 bits per heavy atom. The van der Waals surface area contributed by atoms with Crippen LogP contribution in [0.2, 0.25) is 5.02 Å². The first-order chi connectivity index (χ1) is 5.29. The second kappa shape index (κ2) is 4.29. The molecule has 1 aromatic carbocycles. The zero-order chi connectivity index (χ0) is 8.27. The molecule has 0 atom stereocenters. The van der Waals surface area contributed by atoms with Gasteiger partial charge >= 0.3 is 0 Å². The highest BCUT2D eigenvalue weighted by atomic mass is 35.5. The van der Waals surface area contributed by atoms with Gasteiger partial charge < -0.3 is 0 Å². The Balaban J connectivity index is 3.13. The van der Waals surface area contributed by atoms with Crippen LogP contribution >= 0.6 is 35.1 Å². The van der Waals surface area contributed by atoms with E-state index in [1.54, 1.807) is 23.5 Å². The van der Waals surface area contributed by atoms with Crippen LogP contribution in [0.3, 0.4) is 0 Å². The molecule has 0 unspecified atom stereocenters. The topological polar surface area (TPSA) is 0 Å². The van der Waals surface area contributed by atoms with Crippen molar-refractivity contribution in [1.82, 2.24) is 0 Å². The van der Waals surface area contributed by atoms with Crippen molar-refractivity contribution >= 4 is 35.1 Å². The van der Waals surface area contributed by atoms with Crippen LogP contribution in [-0.4, -0.2) is 12.5 Å². The van der Waals surface area contributed by atoms with Gasteiger partial charge in [-0.15, -0.1) is 23.5 Å². The molecule has 0 radical (unpaired) electrons. The third kappa shape index (κ3) is 2.08. The summed E-state index contributed by atoms with van der Waals surface area (Å²) < 4.78 is 0. The molecule has 0 spiro atoms. The van der Waals surface area contributed by atoms with Crippen molar-refractivity contribution in [2.45, 2.75) is 9.79 Å². The average Bonchev–Trinajstić information content (AvgIpc) is 2.04. The molecule has 0 saturated carbocycles. The van der Waals surface area contributed by atoms with Crippen LogP contribution in [0.25, 0.3) is 0 Å². The van der Waals surface area contributed by atoms with Crippen molar-refractivity contribution in [3.63, 3.8) is 0 Å². The second-order valence-electron chi connectivity index (χ2n) is 1.98. The largest absolute Gasteiger partial charge is 0.128 e. The van der Waals surface area contributed by atoms with Crippen LogP contribution in [0.15, 0.2) is 28.0 Å². The molecular formula is C8H9ClS2. The summed E-state index contributed by atoms with van der Waals surface area (Å²) in [5.41, 5.74) is 0. The summed E-state index contributed by atoms with van der Waals surface area (Å²) in [5, 5.41) is 0.851. The Kier molecular flexibility index (Phi) is 3.63. The van der Waals surface area contributed by atoms with E-state index in [0.29, 0.717) is 0 Å². The predicted octanol–water partition coefficient (Wildman–Crippen LogP) is 3.78. The first kappa shape index (κ1) is 9.30. The maximum absolute atomic E-state index is 5.97. The summed E-state index contributed by atoms with van der Waals surface area (Å²) >= 11 is 9.40. The van der Waals surface area contributed by atoms with Gasteiger partial charge in [0, 0.05) is 9.79 Å². The van der Waals surface area contributed by atoms with Gasteiger partial charge in [-0.2, -0.15) is 0 Å². The summed E-state index contributed by atoms with van der Waals surface area (Å²) in [4.78, 5) is 2.44. The average molecular weight is 205 g/mol. The standard InChI is InChI=1S/C8H9ClS2/c1-10-7-5-3-4-6(9)8(7)11-2/h3-5H,1-2H3. The Morgan fingerprint density at radius 1 is 1.18 bits per heavy atom. The van der Waals surface area contributed by atoms with Crippen molar-refractivity contribution in [2.75, 3.05) is 12.5 Å². The van der Waals surface area contributed by atoms with Gasteiger partial charge in [-0.05, 0) is 24.6 Å². The normalized spacial score (nSPS) is 10.1. The Labute approximate surface area is 80.7 Å². The van der Waals surface area contributed by atoms with Gasteiger partial charge in [-0.3, -0.25) is 0 Å². The maximum atomic E-state index is 5.97. The monoisotopic (exact) mass is 204 g/mol. The highest BCUT2D eigenvalue weighted by Gasteiger charge is 2.03. The smallest absolute Gasteiger partial charge is 0.0553 e. The van der Waals surface area contributed by atoms with E-state index >= 15 is 0 Å². The van der Waals surface area contributed by atoms with Gasteiger partial charge in [0.15, 0.2) is 0 Å². The molecule has 0 heterocycles. The zero-order valence-electron chi connectivity index (χ0n) is 6.43. The summed E-state index contributed by atoms with van der Waals surface area (Å²) in [7, 11) is 0. The summed E-state index contributed by atoms with van der Waals surface area (Å²) in [6.45, 7) is 0.